The van der Waals surface area contributed by atoms with Crippen molar-refractivity contribution in [1.29, 1.82) is 0 Å². The molecule has 0 fully saturated rings. The smallest absolute Gasteiger partial charge is 0.123 e. The van der Waals surface area contributed by atoms with Crippen LogP contribution in [0, 0.1) is 5.82 Å². The van der Waals surface area contributed by atoms with E-state index in [-0.39, 0.29) is 5.82 Å². The molecule has 2 rings (SSSR count). The van der Waals surface area contributed by atoms with E-state index in [2.05, 4.69) is 16.8 Å². The van der Waals surface area contributed by atoms with Crippen molar-refractivity contribution in [3.05, 3.63) is 48.6 Å². The lowest BCUT2D eigenvalue weighted by Gasteiger charge is -2.07. The van der Waals surface area contributed by atoms with Crippen molar-refractivity contribution < 1.29 is 4.39 Å². The Balaban J connectivity index is 2.61. The maximum Gasteiger partial charge on any atom is 0.123 e. The molecule has 0 bridgehead atoms. The average molecular weight is 203 g/mol. The Labute approximate surface area is 86.9 Å². The van der Waals surface area contributed by atoms with Crippen molar-refractivity contribution in [1.82, 2.24) is 15.0 Å². The van der Waals surface area contributed by atoms with Gasteiger partial charge in [-0.15, -0.1) is 0 Å². The van der Waals surface area contributed by atoms with Gasteiger partial charge in [0.25, 0.3) is 0 Å². The summed E-state index contributed by atoms with van der Waals surface area (Å²) < 4.78 is 13.1. The molecule has 1 aromatic carbocycles. The third kappa shape index (κ3) is 1.79. The van der Waals surface area contributed by atoms with Crippen molar-refractivity contribution in [3.63, 3.8) is 0 Å². The fraction of sp³-hybridized carbons (Fsp3) is 0.0909. The molecule has 0 N–H and O–H groups in total. The Bertz CT molecular complexity index is 489. The molecule has 0 atom stereocenters. The van der Waals surface area contributed by atoms with Crippen LogP contribution in [0.15, 0.2) is 37.2 Å². The van der Waals surface area contributed by atoms with Gasteiger partial charge in [0.15, 0.2) is 0 Å². The Kier molecular flexibility index (Phi) is 2.33. The maximum atomic E-state index is 13.1. The standard InChI is InChI=1S/C11H10FN3/c1-8(2)10-7-9(12)3-4-11(10)15-13-5-6-14-15/h3-7H,1H2,2H3. The first kappa shape index (κ1) is 9.58. The summed E-state index contributed by atoms with van der Waals surface area (Å²) in [4.78, 5) is 1.45. The largest absolute Gasteiger partial charge is 0.207 e. The van der Waals surface area contributed by atoms with Gasteiger partial charge in [0, 0.05) is 5.56 Å². The molecule has 3 nitrogen and oxygen atoms in total. The minimum atomic E-state index is -0.288. The van der Waals surface area contributed by atoms with Crippen molar-refractivity contribution >= 4 is 5.57 Å². The molecule has 1 aromatic heterocycles. The summed E-state index contributed by atoms with van der Waals surface area (Å²) in [6.45, 7) is 5.62. The number of hydrogen-bond acceptors (Lipinski definition) is 2. The summed E-state index contributed by atoms with van der Waals surface area (Å²) >= 11 is 0. The highest BCUT2D eigenvalue weighted by atomic mass is 19.1. The highest BCUT2D eigenvalue weighted by molar-refractivity contribution is 5.69. The molecule has 76 valence electrons. The molecule has 0 aliphatic carbocycles. The number of aromatic nitrogens is 3. The Morgan fingerprint density at radius 3 is 2.60 bits per heavy atom. The van der Waals surface area contributed by atoms with Crippen LogP contribution in [0.25, 0.3) is 11.3 Å². The van der Waals surface area contributed by atoms with Crippen LogP contribution in [-0.2, 0) is 0 Å². The maximum absolute atomic E-state index is 13.1. The zero-order valence-corrected chi connectivity index (χ0v) is 8.31. The Hall–Kier alpha value is -1.97. The van der Waals surface area contributed by atoms with Gasteiger partial charge in [-0.3, -0.25) is 0 Å². The van der Waals surface area contributed by atoms with Crippen LogP contribution in [0.4, 0.5) is 4.39 Å². The van der Waals surface area contributed by atoms with E-state index in [4.69, 9.17) is 0 Å². The van der Waals surface area contributed by atoms with Crippen molar-refractivity contribution in [3.8, 4) is 5.69 Å². The van der Waals surface area contributed by atoms with E-state index < -0.39 is 0 Å². The van der Waals surface area contributed by atoms with E-state index in [1.165, 1.54) is 16.9 Å². The van der Waals surface area contributed by atoms with Gasteiger partial charge in [-0.2, -0.15) is 15.0 Å². The van der Waals surface area contributed by atoms with Gasteiger partial charge < -0.3 is 0 Å². The molecule has 0 saturated carbocycles. The second kappa shape index (κ2) is 3.65. The molecule has 0 saturated heterocycles. The molecule has 2 aromatic rings. The summed E-state index contributed by atoms with van der Waals surface area (Å²) in [5, 5.41) is 8.00. The molecule has 1 heterocycles. The lowest BCUT2D eigenvalue weighted by Crippen LogP contribution is -2.02. The molecule has 0 aliphatic heterocycles. The van der Waals surface area contributed by atoms with Gasteiger partial charge in [-0.05, 0) is 30.7 Å². The fourth-order valence-corrected chi connectivity index (χ4v) is 1.36. The Morgan fingerprint density at radius 1 is 1.33 bits per heavy atom. The van der Waals surface area contributed by atoms with E-state index >= 15 is 0 Å². The van der Waals surface area contributed by atoms with Crippen LogP contribution in [-0.4, -0.2) is 15.0 Å². The number of rotatable bonds is 2. The monoisotopic (exact) mass is 203 g/mol. The average Bonchev–Trinajstić information content (AvgIpc) is 2.70. The zero-order valence-electron chi connectivity index (χ0n) is 8.31. The quantitative estimate of drug-likeness (QED) is 0.750. The van der Waals surface area contributed by atoms with Gasteiger partial charge in [0.1, 0.15) is 5.82 Å². The van der Waals surface area contributed by atoms with Crippen LogP contribution in [0.1, 0.15) is 12.5 Å². The highest BCUT2D eigenvalue weighted by Crippen LogP contribution is 2.21. The first-order valence-corrected chi connectivity index (χ1v) is 4.50. The lowest BCUT2D eigenvalue weighted by molar-refractivity contribution is 0.625. The van der Waals surface area contributed by atoms with Crippen LogP contribution in [0.2, 0.25) is 0 Å². The molecule has 15 heavy (non-hydrogen) atoms. The van der Waals surface area contributed by atoms with E-state index in [0.29, 0.717) is 5.56 Å². The lowest BCUT2D eigenvalue weighted by atomic mass is 10.1. The molecular formula is C11H10FN3. The molecule has 0 aliphatic rings. The van der Waals surface area contributed by atoms with E-state index in [0.717, 1.165) is 11.3 Å². The van der Waals surface area contributed by atoms with Crippen LogP contribution >= 0.6 is 0 Å². The predicted molar refractivity (Wildman–Crippen MR) is 56.0 cm³/mol. The SMILES string of the molecule is C=C(C)c1cc(F)ccc1-n1nccn1. The highest BCUT2D eigenvalue weighted by Gasteiger charge is 2.07. The summed E-state index contributed by atoms with van der Waals surface area (Å²) in [6.07, 6.45) is 3.15. The normalized spacial score (nSPS) is 10.3. The summed E-state index contributed by atoms with van der Waals surface area (Å²) in [6, 6.07) is 4.45. The number of nitrogens with zero attached hydrogens (tertiary/aromatic N) is 3. The second-order valence-electron chi connectivity index (χ2n) is 3.26. The molecule has 0 unspecified atom stereocenters. The second-order valence-corrected chi connectivity index (χ2v) is 3.26. The number of allylic oxidation sites excluding steroid dienone is 1. The third-order valence-corrected chi connectivity index (χ3v) is 2.05. The van der Waals surface area contributed by atoms with Gasteiger partial charge in [0.2, 0.25) is 0 Å². The van der Waals surface area contributed by atoms with Crippen LogP contribution in [0.5, 0.6) is 0 Å². The van der Waals surface area contributed by atoms with Gasteiger partial charge in [0.05, 0.1) is 18.1 Å². The molecule has 4 heteroatoms. The van der Waals surface area contributed by atoms with E-state index in [9.17, 15) is 4.39 Å². The first-order valence-electron chi connectivity index (χ1n) is 4.50. The predicted octanol–water partition coefficient (Wildman–Crippen LogP) is 2.44. The Morgan fingerprint density at radius 2 is 2.00 bits per heavy atom. The van der Waals surface area contributed by atoms with Crippen molar-refractivity contribution in [2.24, 2.45) is 0 Å². The van der Waals surface area contributed by atoms with Crippen molar-refractivity contribution in [2.75, 3.05) is 0 Å². The van der Waals surface area contributed by atoms with Crippen LogP contribution < -0.4 is 0 Å². The van der Waals surface area contributed by atoms with Crippen LogP contribution in [0.3, 0.4) is 0 Å². The van der Waals surface area contributed by atoms with E-state index in [1.54, 1.807) is 18.5 Å². The third-order valence-electron chi connectivity index (χ3n) is 2.05. The first-order chi connectivity index (χ1) is 7.18. The minimum absolute atomic E-state index is 0.288. The fourth-order valence-electron chi connectivity index (χ4n) is 1.36. The summed E-state index contributed by atoms with van der Waals surface area (Å²) in [5.41, 5.74) is 2.22. The van der Waals surface area contributed by atoms with E-state index in [1.807, 2.05) is 6.92 Å². The summed E-state index contributed by atoms with van der Waals surface area (Å²) in [7, 11) is 0. The molecule has 0 amide bonds. The molecular weight excluding hydrogens is 193 g/mol. The van der Waals surface area contributed by atoms with Gasteiger partial charge in [-0.25, -0.2) is 4.39 Å². The van der Waals surface area contributed by atoms with Gasteiger partial charge in [-0.1, -0.05) is 6.58 Å². The van der Waals surface area contributed by atoms with Gasteiger partial charge >= 0.3 is 0 Å². The summed E-state index contributed by atoms with van der Waals surface area (Å²) in [5.74, 6) is -0.288. The minimum Gasteiger partial charge on any atom is -0.207 e. The van der Waals surface area contributed by atoms with Crippen molar-refractivity contribution in [2.45, 2.75) is 6.92 Å². The number of halogens is 1. The zero-order chi connectivity index (χ0) is 10.8. The molecule has 0 spiro atoms. The topological polar surface area (TPSA) is 30.7 Å². The number of benzene rings is 1. The molecule has 0 radical (unpaired) electrons. The number of hydrogen-bond donors (Lipinski definition) is 0.